The maximum atomic E-state index is 12.0. The molecule has 0 bridgehead atoms. The lowest BCUT2D eigenvalue weighted by Gasteiger charge is -2.07. The van der Waals surface area contributed by atoms with Gasteiger partial charge in [-0.2, -0.15) is 0 Å². The van der Waals surface area contributed by atoms with Crippen molar-refractivity contribution in [3.05, 3.63) is 40.6 Å². The second-order valence-corrected chi connectivity index (χ2v) is 5.36. The monoisotopic (exact) mass is 331 g/mol. The Morgan fingerprint density at radius 2 is 2.09 bits per heavy atom. The van der Waals surface area contributed by atoms with Crippen molar-refractivity contribution in [3.63, 3.8) is 0 Å². The van der Waals surface area contributed by atoms with Crippen LogP contribution < -0.4 is 14.8 Å². The summed E-state index contributed by atoms with van der Waals surface area (Å²) in [6.07, 6.45) is 0. The first kappa shape index (κ1) is 15.0. The number of nitrogens with zero attached hydrogens (tertiary/aromatic N) is 2. The van der Waals surface area contributed by atoms with Crippen LogP contribution >= 0.6 is 11.3 Å². The van der Waals surface area contributed by atoms with Crippen molar-refractivity contribution in [1.82, 2.24) is 10.2 Å². The molecule has 0 saturated heterocycles. The topological polar surface area (TPSA) is 86.5 Å². The van der Waals surface area contributed by atoms with E-state index in [1.54, 1.807) is 37.4 Å². The summed E-state index contributed by atoms with van der Waals surface area (Å²) in [7, 11) is 3.10. The zero-order chi connectivity index (χ0) is 16.2. The molecule has 0 radical (unpaired) electrons. The van der Waals surface area contributed by atoms with Gasteiger partial charge in [-0.15, -0.1) is 16.4 Å². The summed E-state index contributed by atoms with van der Waals surface area (Å²) in [4.78, 5) is 12.5. The van der Waals surface area contributed by atoms with Crippen LogP contribution in [0.3, 0.4) is 0 Å². The summed E-state index contributed by atoms with van der Waals surface area (Å²) >= 11 is 1.33. The summed E-state index contributed by atoms with van der Waals surface area (Å²) in [6, 6.07) is 8.74. The number of anilines is 1. The van der Waals surface area contributed by atoms with Crippen LogP contribution in [0.25, 0.3) is 11.5 Å². The van der Waals surface area contributed by atoms with Crippen LogP contribution in [0.4, 0.5) is 6.01 Å². The first-order chi connectivity index (χ1) is 11.2. The van der Waals surface area contributed by atoms with Crippen LogP contribution in [-0.4, -0.2) is 30.3 Å². The molecule has 0 saturated carbocycles. The molecule has 3 rings (SSSR count). The molecular formula is C15H13N3O4S. The van der Waals surface area contributed by atoms with E-state index in [1.165, 1.54) is 18.4 Å². The average Bonchev–Trinajstić information content (AvgIpc) is 3.26. The fourth-order valence-corrected chi connectivity index (χ4v) is 2.54. The highest BCUT2D eigenvalue weighted by Crippen LogP contribution is 2.33. The standard InChI is InChI=1S/C15H13N3O4S/c1-20-9-5-6-10(11(8-9)21-2)14-17-18-15(22-14)16-13(19)12-4-3-7-23-12/h3-8H,1-2H3,(H,16,18,19). The second-order valence-electron chi connectivity index (χ2n) is 4.41. The number of ether oxygens (including phenoxy) is 2. The molecule has 118 valence electrons. The Hall–Kier alpha value is -2.87. The molecule has 0 unspecified atom stereocenters. The largest absolute Gasteiger partial charge is 0.497 e. The predicted molar refractivity (Wildman–Crippen MR) is 85.1 cm³/mol. The molecule has 0 aliphatic heterocycles. The normalized spacial score (nSPS) is 10.3. The predicted octanol–water partition coefficient (Wildman–Crippen LogP) is 3.07. The van der Waals surface area contributed by atoms with Gasteiger partial charge in [0.2, 0.25) is 0 Å². The Kier molecular flexibility index (Phi) is 4.24. The minimum atomic E-state index is -0.295. The Labute approximate surface area is 135 Å². The zero-order valence-electron chi connectivity index (χ0n) is 12.4. The molecule has 0 spiro atoms. The number of benzene rings is 1. The third kappa shape index (κ3) is 3.16. The van der Waals surface area contributed by atoms with Crippen molar-refractivity contribution < 1.29 is 18.7 Å². The molecule has 8 heteroatoms. The molecule has 0 fully saturated rings. The van der Waals surface area contributed by atoms with Gasteiger partial charge in [0.25, 0.3) is 11.8 Å². The van der Waals surface area contributed by atoms with E-state index in [4.69, 9.17) is 13.9 Å². The van der Waals surface area contributed by atoms with E-state index in [9.17, 15) is 4.79 Å². The number of rotatable bonds is 5. The van der Waals surface area contributed by atoms with Crippen LogP contribution in [0.2, 0.25) is 0 Å². The van der Waals surface area contributed by atoms with E-state index < -0.39 is 0 Å². The quantitative estimate of drug-likeness (QED) is 0.773. The number of amides is 1. The molecule has 0 aliphatic rings. The number of aromatic nitrogens is 2. The van der Waals surface area contributed by atoms with Gasteiger partial charge in [0, 0.05) is 6.07 Å². The molecular weight excluding hydrogens is 318 g/mol. The zero-order valence-corrected chi connectivity index (χ0v) is 13.2. The van der Waals surface area contributed by atoms with Crippen LogP contribution in [0, 0.1) is 0 Å². The van der Waals surface area contributed by atoms with Crippen LogP contribution in [0.15, 0.2) is 40.1 Å². The number of hydrogen-bond donors (Lipinski definition) is 1. The Morgan fingerprint density at radius 3 is 2.78 bits per heavy atom. The van der Waals surface area contributed by atoms with E-state index in [0.29, 0.717) is 21.9 Å². The molecule has 3 aromatic rings. The lowest BCUT2D eigenvalue weighted by molar-refractivity contribution is 0.102. The van der Waals surface area contributed by atoms with Gasteiger partial charge in [0.15, 0.2) is 0 Å². The van der Waals surface area contributed by atoms with E-state index in [2.05, 4.69) is 15.5 Å². The van der Waals surface area contributed by atoms with Crippen molar-refractivity contribution in [2.24, 2.45) is 0 Å². The van der Waals surface area contributed by atoms with Crippen LogP contribution in [0.5, 0.6) is 11.5 Å². The van der Waals surface area contributed by atoms with Gasteiger partial charge in [-0.3, -0.25) is 10.1 Å². The summed E-state index contributed by atoms with van der Waals surface area (Å²) < 4.78 is 15.9. The fourth-order valence-electron chi connectivity index (χ4n) is 1.92. The molecule has 7 nitrogen and oxygen atoms in total. The first-order valence-corrected chi connectivity index (χ1v) is 7.50. The van der Waals surface area contributed by atoms with Crippen LogP contribution in [-0.2, 0) is 0 Å². The van der Waals surface area contributed by atoms with Gasteiger partial charge in [-0.25, -0.2) is 0 Å². The van der Waals surface area contributed by atoms with E-state index in [0.717, 1.165) is 0 Å². The van der Waals surface area contributed by atoms with Gasteiger partial charge in [0.1, 0.15) is 11.5 Å². The number of carbonyl (C=O) groups is 1. The minimum absolute atomic E-state index is 0.0243. The fraction of sp³-hybridized carbons (Fsp3) is 0.133. The molecule has 1 N–H and O–H groups in total. The van der Waals surface area contributed by atoms with Crippen molar-refractivity contribution in [1.29, 1.82) is 0 Å². The molecule has 0 aliphatic carbocycles. The lowest BCUT2D eigenvalue weighted by Crippen LogP contribution is -2.10. The summed E-state index contributed by atoms with van der Waals surface area (Å²) in [6.45, 7) is 0. The SMILES string of the molecule is COc1ccc(-c2nnc(NC(=O)c3cccs3)o2)c(OC)c1. The van der Waals surface area contributed by atoms with Crippen molar-refractivity contribution in [2.45, 2.75) is 0 Å². The lowest BCUT2D eigenvalue weighted by atomic mass is 10.2. The number of carbonyl (C=O) groups excluding carboxylic acids is 1. The minimum Gasteiger partial charge on any atom is -0.497 e. The molecule has 1 aromatic carbocycles. The maximum absolute atomic E-state index is 12.0. The van der Waals surface area contributed by atoms with Gasteiger partial charge in [-0.05, 0) is 23.6 Å². The Bertz CT molecular complexity index is 814. The third-order valence-electron chi connectivity index (χ3n) is 3.03. The number of methoxy groups -OCH3 is 2. The molecule has 2 heterocycles. The number of hydrogen-bond acceptors (Lipinski definition) is 7. The summed E-state index contributed by atoms with van der Waals surface area (Å²) in [5.41, 5.74) is 0.609. The smallest absolute Gasteiger partial charge is 0.322 e. The molecule has 1 amide bonds. The van der Waals surface area contributed by atoms with E-state index >= 15 is 0 Å². The highest BCUT2D eigenvalue weighted by Gasteiger charge is 2.16. The number of nitrogens with one attached hydrogen (secondary N) is 1. The summed E-state index contributed by atoms with van der Waals surface area (Å²) in [5, 5.41) is 12.1. The van der Waals surface area contributed by atoms with Gasteiger partial charge in [-0.1, -0.05) is 11.2 Å². The van der Waals surface area contributed by atoms with Crippen LogP contribution in [0.1, 0.15) is 9.67 Å². The second kappa shape index (κ2) is 6.49. The summed E-state index contributed by atoms with van der Waals surface area (Å²) in [5.74, 6) is 1.13. The first-order valence-electron chi connectivity index (χ1n) is 6.62. The van der Waals surface area contributed by atoms with Gasteiger partial charge < -0.3 is 13.9 Å². The van der Waals surface area contributed by atoms with E-state index in [1.807, 2.05) is 5.38 Å². The maximum Gasteiger partial charge on any atom is 0.322 e. The average molecular weight is 331 g/mol. The van der Waals surface area contributed by atoms with Crippen molar-refractivity contribution in [3.8, 4) is 23.0 Å². The van der Waals surface area contributed by atoms with Gasteiger partial charge in [0.05, 0.1) is 24.7 Å². The Balaban J connectivity index is 1.83. The third-order valence-corrected chi connectivity index (χ3v) is 3.90. The van der Waals surface area contributed by atoms with Crippen molar-refractivity contribution in [2.75, 3.05) is 19.5 Å². The molecule has 0 atom stereocenters. The molecule has 23 heavy (non-hydrogen) atoms. The van der Waals surface area contributed by atoms with Crippen molar-refractivity contribution >= 4 is 23.3 Å². The highest BCUT2D eigenvalue weighted by atomic mass is 32.1. The Morgan fingerprint density at radius 1 is 1.22 bits per heavy atom. The highest BCUT2D eigenvalue weighted by molar-refractivity contribution is 7.12. The van der Waals surface area contributed by atoms with E-state index in [-0.39, 0.29) is 17.8 Å². The molecule has 2 aromatic heterocycles. The van der Waals surface area contributed by atoms with Gasteiger partial charge >= 0.3 is 6.01 Å². The number of thiophene rings is 1.